The summed E-state index contributed by atoms with van der Waals surface area (Å²) in [5.41, 5.74) is 0. The fourth-order valence-corrected chi connectivity index (χ4v) is 3.12. The molecule has 1 N–H and O–H groups in total. The van der Waals surface area contributed by atoms with Crippen LogP contribution in [0.1, 0.15) is 13.3 Å². The van der Waals surface area contributed by atoms with Crippen LogP contribution in [-0.4, -0.2) is 44.0 Å². The van der Waals surface area contributed by atoms with Gasteiger partial charge in [-0.05, 0) is 12.5 Å². The zero-order valence-electron chi connectivity index (χ0n) is 11.1. The summed E-state index contributed by atoms with van der Waals surface area (Å²) in [6.07, 6.45) is -3.06. The number of anilines is 1. The normalized spacial score (nSPS) is 12.7. The molecule has 9 heteroatoms. The Morgan fingerprint density at radius 1 is 1.40 bits per heavy atom. The molecule has 0 saturated heterocycles. The molecular weight excluding hydrogens is 295 g/mol. The first kappa shape index (κ1) is 16.7. The van der Waals surface area contributed by atoms with Gasteiger partial charge in [0.2, 0.25) is 10.0 Å². The summed E-state index contributed by atoms with van der Waals surface area (Å²) in [5.74, 6) is 0.273. The third-order valence-electron chi connectivity index (χ3n) is 2.45. The van der Waals surface area contributed by atoms with E-state index < -0.39 is 22.7 Å². The summed E-state index contributed by atoms with van der Waals surface area (Å²) < 4.78 is 62.4. The minimum atomic E-state index is -4.58. The lowest BCUT2D eigenvalue weighted by Crippen LogP contribution is -2.39. The number of pyridine rings is 1. The average Bonchev–Trinajstić information content (AvgIpc) is 2.37. The van der Waals surface area contributed by atoms with Crippen LogP contribution in [0.3, 0.4) is 0 Å². The lowest BCUT2D eigenvalue weighted by molar-refractivity contribution is -0.136. The number of hydrogen-bond acceptors (Lipinski definition) is 4. The molecule has 0 saturated carbocycles. The monoisotopic (exact) mass is 311 g/mol. The van der Waals surface area contributed by atoms with E-state index in [1.54, 1.807) is 6.92 Å². The maximum Gasteiger partial charge on any atom is 0.402 e. The van der Waals surface area contributed by atoms with Gasteiger partial charge in [0.1, 0.15) is 12.4 Å². The van der Waals surface area contributed by atoms with Crippen molar-refractivity contribution in [1.82, 2.24) is 9.29 Å². The number of rotatable bonds is 6. The number of hydrogen-bond donors (Lipinski definition) is 1. The lowest BCUT2D eigenvalue weighted by Gasteiger charge is -2.23. The minimum absolute atomic E-state index is 0.195. The second-order valence-electron chi connectivity index (χ2n) is 4.08. The van der Waals surface area contributed by atoms with Crippen molar-refractivity contribution < 1.29 is 21.6 Å². The number of aromatic nitrogens is 1. The molecule has 0 aromatic carbocycles. The molecule has 1 heterocycles. The predicted molar refractivity (Wildman–Crippen MR) is 68.9 cm³/mol. The van der Waals surface area contributed by atoms with Crippen LogP contribution >= 0.6 is 0 Å². The van der Waals surface area contributed by atoms with Gasteiger partial charge >= 0.3 is 6.18 Å². The van der Waals surface area contributed by atoms with Crippen molar-refractivity contribution in [2.45, 2.75) is 24.4 Å². The van der Waals surface area contributed by atoms with Crippen molar-refractivity contribution in [3.05, 3.63) is 18.3 Å². The van der Waals surface area contributed by atoms with E-state index in [9.17, 15) is 21.6 Å². The molecular formula is C11H16F3N3O2S. The lowest BCUT2D eigenvalue weighted by atomic mass is 10.4. The minimum Gasteiger partial charge on any atom is -0.373 e. The zero-order valence-corrected chi connectivity index (χ0v) is 11.9. The molecule has 0 aliphatic rings. The summed E-state index contributed by atoms with van der Waals surface area (Å²) in [5, 5.41) is 2.64. The number of nitrogens with one attached hydrogen (secondary N) is 1. The Hall–Kier alpha value is -1.35. The van der Waals surface area contributed by atoms with E-state index in [2.05, 4.69) is 10.3 Å². The van der Waals surface area contributed by atoms with Gasteiger partial charge in [0, 0.05) is 25.9 Å². The average molecular weight is 311 g/mol. The smallest absolute Gasteiger partial charge is 0.373 e. The van der Waals surface area contributed by atoms with Crippen molar-refractivity contribution in [3.63, 3.8) is 0 Å². The molecule has 1 rings (SSSR count). The summed E-state index contributed by atoms with van der Waals surface area (Å²) in [6, 6.07) is 2.38. The molecule has 0 radical (unpaired) electrons. The van der Waals surface area contributed by atoms with E-state index in [1.807, 2.05) is 0 Å². The Kier molecular flexibility index (Phi) is 5.35. The molecule has 0 aliphatic heterocycles. The SMILES string of the molecule is CCCN(CC(F)(F)F)S(=O)(=O)c1ccnc(NC)c1. The second-order valence-corrected chi connectivity index (χ2v) is 6.02. The molecule has 0 fully saturated rings. The van der Waals surface area contributed by atoms with Crippen LogP contribution in [0.4, 0.5) is 19.0 Å². The quantitative estimate of drug-likeness (QED) is 0.874. The van der Waals surface area contributed by atoms with Crippen molar-refractivity contribution in [1.29, 1.82) is 0 Å². The van der Waals surface area contributed by atoms with E-state index >= 15 is 0 Å². The Balaban J connectivity index is 3.15. The van der Waals surface area contributed by atoms with Crippen LogP contribution in [0, 0.1) is 0 Å². The van der Waals surface area contributed by atoms with E-state index in [4.69, 9.17) is 0 Å². The highest BCUT2D eigenvalue weighted by molar-refractivity contribution is 7.89. The van der Waals surface area contributed by atoms with Gasteiger partial charge in [-0.1, -0.05) is 6.92 Å². The Morgan fingerprint density at radius 3 is 2.55 bits per heavy atom. The standard InChI is InChI=1S/C11H16F3N3O2S/c1-3-6-17(8-11(12,13)14)20(18,19)9-4-5-16-10(7-9)15-2/h4-5,7H,3,6,8H2,1-2H3,(H,15,16). The van der Waals surface area contributed by atoms with Crippen molar-refractivity contribution in [3.8, 4) is 0 Å². The molecule has 0 unspecified atom stereocenters. The van der Waals surface area contributed by atoms with Crippen LogP contribution in [0.5, 0.6) is 0 Å². The van der Waals surface area contributed by atoms with E-state index in [1.165, 1.54) is 25.4 Å². The highest BCUT2D eigenvalue weighted by Crippen LogP contribution is 2.23. The molecule has 0 atom stereocenters. The van der Waals surface area contributed by atoms with E-state index in [0.29, 0.717) is 10.7 Å². The Morgan fingerprint density at radius 2 is 2.05 bits per heavy atom. The molecule has 5 nitrogen and oxygen atoms in total. The number of alkyl halides is 3. The highest BCUT2D eigenvalue weighted by atomic mass is 32.2. The van der Waals surface area contributed by atoms with Gasteiger partial charge in [-0.15, -0.1) is 0 Å². The molecule has 0 bridgehead atoms. The zero-order chi connectivity index (χ0) is 15.4. The van der Waals surface area contributed by atoms with Gasteiger partial charge in [0.25, 0.3) is 0 Å². The van der Waals surface area contributed by atoms with Crippen molar-refractivity contribution in [2.24, 2.45) is 0 Å². The first-order valence-corrected chi connectivity index (χ1v) is 7.35. The molecule has 0 amide bonds. The third-order valence-corrected chi connectivity index (χ3v) is 4.30. The maximum absolute atomic E-state index is 12.5. The number of nitrogens with zero attached hydrogens (tertiary/aromatic N) is 2. The molecule has 1 aromatic rings. The Labute approximate surface area is 115 Å². The van der Waals surface area contributed by atoms with Crippen LogP contribution in [-0.2, 0) is 10.0 Å². The summed E-state index contributed by atoms with van der Waals surface area (Å²) >= 11 is 0. The van der Waals surface area contributed by atoms with Crippen molar-refractivity contribution >= 4 is 15.8 Å². The van der Waals surface area contributed by atoms with E-state index in [0.717, 1.165) is 0 Å². The van der Waals surface area contributed by atoms with Gasteiger partial charge < -0.3 is 5.32 Å². The van der Waals surface area contributed by atoms with Gasteiger partial charge in [-0.2, -0.15) is 17.5 Å². The first-order chi connectivity index (χ1) is 9.20. The first-order valence-electron chi connectivity index (χ1n) is 5.91. The highest BCUT2D eigenvalue weighted by Gasteiger charge is 2.36. The second kappa shape index (κ2) is 6.40. The van der Waals surface area contributed by atoms with Gasteiger partial charge in [-0.25, -0.2) is 13.4 Å². The third kappa shape index (κ3) is 4.34. The molecule has 114 valence electrons. The fourth-order valence-electron chi connectivity index (χ4n) is 1.59. The van der Waals surface area contributed by atoms with Crippen LogP contribution in [0.25, 0.3) is 0 Å². The van der Waals surface area contributed by atoms with Gasteiger partial charge in [-0.3, -0.25) is 0 Å². The predicted octanol–water partition coefficient (Wildman–Crippen LogP) is 2.09. The largest absolute Gasteiger partial charge is 0.402 e. The van der Waals surface area contributed by atoms with E-state index in [-0.39, 0.29) is 17.3 Å². The number of halogens is 3. The molecule has 1 aromatic heterocycles. The van der Waals surface area contributed by atoms with Crippen LogP contribution in [0.15, 0.2) is 23.2 Å². The van der Waals surface area contributed by atoms with Crippen LogP contribution in [0.2, 0.25) is 0 Å². The summed E-state index contributed by atoms with van der Waals surface area (Å²) in [7, 11) is -2.66. The topological polar surface area (TPSA) is 62.3 Å². The maximum atomic E-state index is 12.5. The number of sulfonamides is 1. The van der Waals surface area contributed by atoms with Gasteiger partial charge in [0.05, 0.1) is 4.90 Å². The van der Waals surface area contributed by atoms with Crippen molar-refractivity contribution in [2.75, 3.05) is 25.5 Å². The molecule has 0 aliphatic carbocycles. The van der Waals surface area contributed by atoms with Crippen LogP contribution < -0.4 is 5.32 Å². The molecule has 0 spiro atoms. The fraction of sp³-hybridized carbons (Fsp3) is 0.545. The Bertz CT molecular complexity index is 546. The molecule has 20 heavy (non-hydrogen) atoms. The van der Waals surface area contributed by atoms with Gasteiger partial charge in [0.15, 0.2) is 0 Å². The summed E-state index contributed by atoms with van der Waals surface area (Å²) in [6.45, 7) is -0.0795. The summed E-state index contributed by atoms with van der Waals surface area (Å²) in [4.78, 5) is 3.62.